The van der Waals surface area contributed by atoms with Gasteiger partial charge in [-0.05, 0) is 56.3 Å². The Morgan fingerprint density at radius 2 is 1.72 bits per heavy atom. The van der Waals surface area contributed by atoms with E-state index >= 15 is 0 Å². The maximum absolute atomic E-state index is 13.3. The number of ether oxygens (including phenoxy) is 1. The van der Waals surface area contributed by atoms with Crippen LogP contribution in [-0.2, 0) is 4.79 Å². The third kappa shape index (κ3) is 2.70. The van der Waals surface area contributed by atoms with Crippen molar-refractivity contribution in [3.05, 3.63) is 18.2 Å². The van der Waals surface area contributed by atoms with E-state index in [1.54, 1.807) is 0 Å². The Morgan fingerprint density at radius 3 is 2.32 bits per heavy atom. The molecule has 0 aromatic carbocycles. The molecule has 6 heteroatoms. The third-order valence-corrected chi connectivity index (χ3v) is 6.79. The van der Waals surface area contributed by atoms with E-state index in [1.165, 1.54) is 19.3 Å². The van der Waals surface area contributed by atoms with Gasteiger partial charge in [0.15, 0.2) is 5.82 Å². The average Bonchev–Trinajstić information content (AvgIpc) is 3.03. The Kier molecular flexibility index (Phi) is 3.51. The second kappa shape index (κ2) is 5.64. The molecule has 1 aromatic heterocycles. The van der Waals surface area contributed by atoms with Crippen molar-refractivity contribution in [3.63, 3.8) is 0 Å². The highest BCUT2D eigenvalue weighted by atomic mass is 19.1. The molecule has 5 nitrogen and oxygen atoms in total. The van der Waals surface area contributed by atoms with Gasteiger partial charge in [-0.2, -0.15) is 0 Å². The Hall–Kier alpha value is -1.72. The fourth-order valence-electron chi connectivity index (χ4n) is 6.23. The zero-order chi connectivity index (χ0) is 17.0. The van der Waals surface area contributed by atoms with Gasteiger partial charge in [0, 0.05) is 13.0 Å². The van der Waals surface area contributed by atoms with Crippen LogP contribution in [0.5, 0.6) is 6.01 Å². The highest BCUT2D eigenvalue weighted by molar-refractivity contribution is 5.83. The van der Waals surface area contributed by atoms with Crippen LogP contribution in [0.15, 0.2) is 12.4 Å². The molecule has 25 heavy (non-hydrogen) atoms. The molecule has 1 unspecified atom stereocenters. The quantitative estimate of drug-likeness (QED) is 0.845. The highest BCUT2D eigenvalue weighted by Crippen LogP contribution is 2.60. The van der Waals surface area contributed by atoms with Crippen LogP contribution in [0.25, 0.3) is 0 Å². The summed E-state index contributed by atoms with van der Waals surface area (Å²) in [5, 5.41) is 0. The van der Waals surface area contributed by atoms with Crippen molar-refractivity contribution >= 4 is 5.91 Å². The topological polar surface area (TPSA) is 55.3 Å². The average molecular weight is 345 g/mol. The summed E-state index contributed by atoms with van der Waals surface area (Å²) in [6, 6.07) is 0.190. The number of aromatic nitrogens is 2. The number of nitrogens with zero attached hydrogens (tertiary/aromatic N) is 3. The van der Waals surface area contributed by atoms with Crippen molar-refractivity contribution in [1.82, 2.24) is 14.9 Å². The Bertz CT molecular complexity index is 642. The van der Waals surface area contributed by atoms with Crippen molar-refractivity contribution in [1.29, 1.82) is 0 Å². The zero-order valence-corrected chi connectivity index (χ0v) is 14.4. The molecular weight excluding hydrogens is 321 g/mol. The molecule has 1 atom stereocenters. The predicted molar refractivity (Wildman–Crippen MR) is 88.2 cm³/mol. The van der Waals surface area contributed by atoms with Gasteiger partial charge in [0.2, 0.25) is 5.91 Å². The molecule has 6 rings (SSSR count). The van der Waals surface area contributed by atoms with Gasteiger partial charge in [-0.1, -0.05) is 0 Å². The van der Waals surface area contributed by atoms with Crippen molar-refractivity contribution in [2.45, 2.75) is 51.0 Å². The van der Waals surface area contributed by atoms with Crippen LogP contribution in [0.2, 0.25) is 0 Å². The smallest absolute Gasteiger partial charge is 0.316 e. The first-order chi connectivity index (χ1) is 12.1. The molecule has 2 heterocycles. The van der Waals surface area contributed by atoms with Crippen molar-refractivity contribution < 1.29 is 13.9 Å². The molecule has 4 saturated carbocycles. The Morgan fingerprint density at radius 1 is 1.12 bits per heavy atom. The maximum atomic E-state index is 13.3. The molecule has 0 spiro atoms. The highest BCUT2D eigenvalue weighted by Gasteiger charge is 2.56. The fraction of sp³-hybridized carbons (Fsp3) is 0.737. The minimum absolute atomic E-state index is 0.0873. The number of halogens is 1. The lowest BCUT2D eigenvalue weighted by Gasteiger charge is -2.56. The predicted octanol–water partition coefficient (Wildman–Crippen LogP) is 2.81. The molecule has 1 amide bonds. The largest absolute Gasteiger partial charge is 0.458 e. The number of carbonyl (C=O) groups excluding carboxylic acids is 1. The van der Waals surface area contributed by atoms with Gasteiger partial charge in [-0.3, -0.25) is 4.79 Å². The summed E-state index contributed by atoms with van der Waals surface area (Å²) in [4.78, 5) is 23.0. The summed E-state index contributed by atoms with van der Waals surface area (Å²) in [6.07, 6.45) is 10.2. The second-order valence-corrected chi connectivity index (χ2v) is 8.66. The first-order valence-electron chi connectivity index (χ1n) is 9.53. The van der Waals surface area contributed by atoms with Gasteiger partial charge < -0.3 is 9.64 Å². The molecule has 1 aromatic rings. The lowest BCUT2D eigenvalue weighted by atomic mass is 9.49. The minimum atomic E-state index is -0.475. The normalized spacial score (nSPS) is 39.0. The summed E-state index contributed by atoms with van der Waals surface area (Å²) in [5.74, 6) is 2.21. The SMILES string of the molecule is O=C(N1CCC(Oc2ncc(F)cn2)C1)C12CC3CC(CC(C3)C1)C2. The second-order valence-electron chi connectivity index (χ2n) is 8.66. The summed E-state index contributed by atoms with van der Waals surface area (Å²) in [6.45, 7) is 1.34. The van der Waals surface area contributed by atoms with Gasteiger partial charge >= 0.3 is 6.01 Å². The summed E-state index contributed by atoms with van der Waals surface area (Å²) in [7, 11) is 0. The van der Waals surface area contributed by atoms with E-state index in [-0.39, 0.29) is 17.5 Å². The number of hydrogen-bond donors (Lipinski definition) is 0. The lowest BCUT2D eigenvalue weighted by molar-refractivity contribution is -0.156. The van der Waals surface area contributed by atoms with E-state index in [4.69, 9.17) is 4.74 Å². The molecule has 5 fully saturated rings. The van der Waals surface area contributed by atoms with Crippen molar-refractivity contribution in [2.75, 3.05) is 13.1 Å². The number of hydrogen-bond acceptors (Lipinski definition) is 4. The Balaban J connectivity index is 1.25. The van der Waals surface area contributed by atoms with Crippen LogP contribution in [0.4, 0.5) is 4.39 Å². The molecule has 1 saturated heterocycles. The first-order valence-corrected chi connectivity index (χ1v) is 9.53. The van der Waals surface area contributed by atoms with Crippen molar-refractivity contribution in [3.8, 4) is 6.01 Å². The van der Waals surface area contributed by atoms with Gasteiger partial charge in [-0.25, -0.2) is 14.4 Å². The van der Waals surface area contributed by atoms with Crippen LogP contribution in [0, 0.1) is 29.0 Å². The van der Waals surface area contributed by atoms with Crippen LogP contribution < -0.4 is 4.74 Å². The van der Waals surface area contributed by atoms with Crippen molar-refractivity contribution in [2.24, 2.45) is 23.2 Å². The van der Waals surface area contributed by atoms with E-state index in [9.17, 15) is 9.18 Å². The van der Waals surface area contributed by atoms with Crippen LogP contribution >= 0.6 is 0 Å². The van der Waals surface area contributed by atoms with E-state index in [0.717, 1.165) is 62.4 Å². The van der Waals surface area contributed by atoms with E-state index in [2.05, 4.69) is 9.97 Å². The van der Waals surface area contributed by atoms with Gasteiger partial charge in [-0.15, -0.1) is 0 Å². The zero-order valence-electron chi connectivity index (χ0n) is 14.4. The van der Waals surface area contributed by atoms with E-state index in [1.807, 2.05) is 4.90 Å². The van der Waals surface area contributed by atoms with Crippen LogP contribution in [-0.4, -0.2) is 40.0 Å². The van der Waals surface area contributed by atoms with Gasteiger partial charge in [0.05, 0.1) is 24.4 Å². The first kappa shape index (κ1) is 15.5. The molecule has 1 aliphatic heterocycles. The number of rotatable bonds is 3. The molecule has 0 N–H and O–H groups in total. The van der Waals surface area contributed by atoms with Crippen LogP contribution in [0.1, 0.15) is 44.9 Å². The van der Waals surface area contributed by atoms with Gasteiger partial charge in [0.1, 0.15) is 6.10 Å². The molecule has 4 aliphatic carbocycles. The third-order valence-electron chi connectivity index (χ3n) is 6.79. The number of carbonyl (C=O) groups is 1. The fourth-order valence-corrected chi connectivity index (χ4v) is 6.23. The van der Waals surface area contributed by atoms with Crippen LogP contribution in [0.3, 0.4) is 0 Å². The summed E-state index contributed by atoms with van der Waals surface area (Å²) < 4.78 is 18.6. The maximum Gasteiger partial charge on any atom is 0.316 e. The van der Waals surface area contributed by atoms with Gasteiger partial charge in [0.25, 0.3) is 0 Å². The molecule has 5 aliphatic rings. The summed E-state index contributed by atoms with van der Waals surface area (Å²) >= 11 is 0. The number of likely N-dealkylation sites (tertiary alicyclic amines) is 1. The molecular formula is C19H24FN3O2. The monoisotopic (exact) mass is 345 g/mol. The Labute approximate surface area is 147 Å². The van der Waals surface area contributed by atoms with E-state index in [0.29, 0.717) is 12.5 Å². The standard InChI is InChI=1S/C19H24FN3O2/c20-15-9-21-18(22-10-15)25-16-1-2-23(11-16)17(24)19-6-12-3-13(7-19)5-14(4-12)8-19/h9-10,12-14,16H,1-8,11H2. The molecule has 4 bridgehead atoms. The molecule has 134 valence electrons. The number of amides is 1. The minimum Gasteiger partial charge on any atom is -0.458 e. The van der Waals surface area contributed by atoms with E-state index < -0.39 is 5.82 Å². The lowest BCUT2D eigenvalue weighted by Crippen LogP contribution is -2.54. The summed E-state index contributed by atoms with van der Waals surface area (Å²) in [5.41, 5.74) is -0.0873. The molecule has 0 radical (unpaired) electrons.